The molecule has 1 aliphatic carbocycles. The number of nitrogens with one attached hydrogen (secondary N) is 1. The van der Waals surface area contributed by atoms with E-state index in [4.69, 9.17) is 0 Å². The van der Waals surface area contributed by atoms with Gasteiger partial charge in [0, 0.05) is 23.4 Å². The van der Waals surface area contributed by atoms with Crippen LogP contribution in [0.1, 0.15) is 43.9 Å². The fraction of sp³-hybridized carbons (Fsp3) is 0.692. The first-order chi connectivity index (χ1) is 7.25. The molecule has 1 aliphatic rings. The molecule has 0 bridgehead atoms. The minimum atomic E-state index is 0.659. The summed E-state index contributed by atoms with van der Waals surface area (Å²) in [7, 11) is 0. The van der Waals surface area contributed by atoms with Crippen LogP contribution in [0.15, 0.2) is 17.5 Å². The fourth-order valence-corrected chi connectivity index (χ4v) is 2.77. The number of hydrogen-bond donors (Lipinski definition) is 1. The Morgan fingerprint density at radius 3 is 2.87 bits per heavy atom. The zero-order chi connectivity index (χ0) is 10.7. The minimum Gasteiger partial charge on any atom is -0.314 e. The van der Waals surface area contributed by atoms with Crippen LogP contribution in [-0.2, 0) is 0 Å². The molecule has 0 aromatic carbocycles. The molecule has 1 aromatic rings. The van der Waals surface area contributed by atoms with Gasteiger partial charge in [0.05, 0.1) is 0 Å². The molecule has 2 unspecified atom stereocenters. The summed E-state index contributed by atoms with van der Waals surface area (Å²) >= 11 is 1.87. The molecule has 2 heteroatoms. The predicted octanol–water partition coefficient (Wildman–Crippen LogP) is 3.63. The van der Waals surface area contributed by atoms with Crippen molar-refractivity contribution in [2.75, 3.05) is 6.54 Å². The van der Waals surface area contributed by atoms with Crippen LogP contribution >= 0.6 is 11.3 Å². The second-order valence-corrected chi connectivity index (χ2v) is 5.88. The van der Waals surface area contributed by atoms with E-state index in [0.29, 0.717) is 12.0 Å². The highest BCUT2D eigenvalue weighted by Crippen LogP contribution is 2.33. The van der Waals surface area contributed by atoms with E-state index in [0.717, 1.165) is 12.5 Å². The molecule has 84 valence electrons. The summed E-state index contributed by atoms with van der Waals surface area (Å²) in [5, 5.41) is 5.81. The molecular formula is C13H21NS. The zero-order valence-corrected chi connectivity index (χ0v) is 10.5. The molecule has 2 rings (SSSR count). The highest BCUT2D eigenvalue weighted by atomic mass is 32.1. The quantitative estimate of drug-likeness (QED) is 0.776. The van der Waals surface area contributed by atoms with E-state index in [1.54, 1.807) is 0 Å². The van der Waals surface area contributed by atoms with E-state index in [2.05, 4.69) is 36.7 Å². The highest BCUT2D eigenvalue weighted by Gasteiger charge is 2.23. The molecular weight excluding hydrogens is 202 g/mol. The lowest BCUT2D eigenvalue weighted by atomic mass is 10.1. The van der Waals surface area contributed by atoms with Crippen molar-refractivity contribution in [3.05, 3.63) is 22.4 Å². The van der Waals surface area contributed by atoms with Gasteiger partial charge in [-0.3, -0.25) is 0 Å². The van der Waals surface area contributed by atoms with Crippen molar-refractivity contribution >= 4 is 11.3 Å². The SMILES string of the molecule is CC(CC1CC1)NCC(C)c1cccs1. The van der Waals surface area contributed by atoms with Crippen molar-refractivity contribution in [3.8, 4) is 0 Å². The molecule has 0 amide bonds. The van der Waals surface area contributed by atoms with Crippen molar-refractivity contribution < 1.29 is 0 Å². The standard InChI is InChI=1S/C13H21NS/c1-10(13-4-3-7-15-13)9-14-11(2)8-12-5-6-12/h3-4,7,10-12,14H,5-6,8-9H2,1-2H3. The van der Waals surface area contributed by atoms with Gasteiger partial charge in [0.15, 0.2) is 0 Å². The third-order valence-electron chi connectivity index (χ3n) is 3.19. The Bertz CT molecular complexity index is 277. The molecule has 15 heavy (non-hydrogen) atoms. The van der Waals surface area contributed by atoms with Crippen molar-refractivity contribution in [2.45, 2.75) is 45.1 Å². The molecule has 1 N–H and O–H groups in total. The predicted molar refractivity (Wildman–Crippen MR) is 67.5 cm³/mol. The van der Waals surface area contributed by atoms with Gasteiger partial charge in [0.1, 0.15) is 0 Å². The molecule has 1 saturated carbocycles. The maximum Gasteiger partial charge on any atom is 0.00860 e. The van der Waals surface area contributed by atoms with Gasteiger partial charge in [-0.15, -0.1) is 11.3 Å². The summed E-state index contributed by atoms with van der Waals surface area (Å²) < 4.78 is 0. The molecule has 2 atom stereocenters. The fourth-order valence-electron chi connectivity index (χ4n) is 1.99. The van der Waals surface area contributed by atoms with Crippen LogP contribution in [0.4, 0.5) is 0 Å². The highest BCUT2D eigenvalue weighted by molar-refractivity contribution is 7.10. The third-order valence-corrected chi connectivity index (χ3v) is 4.29. The molecule has 1 heterocycles. The Hall–Kier alpha value is -0.340. The number of hydrogen-bond acceptors (Lipinski definition) is 2. The van der Waals surface area contributed by atoms with E-state index < -0.39 is 0 Å². The Morgan fingerprint density at radius 2 is 2.27 bits per heavy atom. The van der Waals surface area contributed by atoms with Gasteiger partial charge in [0.2, 0.25) is 0 Å². The molecule has 0 radical (unpaired) electrons. The lowest BCUT2D eigenvalue weighted by Crippen LogP contribution is -2.29. The van der Waals surface area contributed by atoms with Gasteiger partial charge in [-0.2, -0.15) is 0 Å². The first kappa shape index (κ1) is 11.2. The molecule has 1 aromatic heterocycles. The largest absolute Gasteiger partial charge is 0.314 e. The first-order valence-electron chi connectivity index (χ1n) is 6.02. The second-order valence-electron chi connectivity index (χ2n) is 4.90. The summed E-state index contributed by atoms with van der Waals surface area (Å²) in [6.45, 7) is 5.75. The van der Waals surface area contributed by atoms with Crippen LogP contribution in [0.2, 0.25) is 0 Å². The molecule has 0 spiro atoms. The van der Waals surface area contributed by atoms with Crippen LogP contribution < -0.4 is 5.32 Å². The average molecular weight is 223 g/mol. The van der Waals surface area contributed by atoms with Crippen molar-refractivity contribution in [1.82, 2.24) is 5.32 Å². The van der Waals surface area contributed by atoms with E-state index in [1.807, 2.05) is 11.3 Å². The van der Waals surface area contributed by atoms with Crippen molar-refractivity contribution in [2.24, 2.45) is 5.92 Å². The van der Waals surface area contributed by atoms with Gasteiger partial charge in [0.25, 0.3) is 0 Å². The smallest absolute Gasteiger partial charge is 0.00860 e. The van der Waals surface area contributed by atoms with E-state index in [9.17, 15) is 0 Å². The number of rotatable bonds is 6. The molecule has 1 fully saturated rings. The summed E-state index contributed by atoms with van der Waals surface area (Å²) in [4.78, 5) is 1.50. The third kappa shape index (κ3) is 3.62. The first-order valence-corrected chi connectivity index (χ1v) is 6.90. The van der Waals surface area contributed by atoms with Gasteiger partial charge in [-0.25, -0.2) is 0 Å². The average Bonchev–Trinajstić information content (AvgIpc) is 2.86. The normalized spacial score (nSPS) is 20.1. The zero-order valence-electron chi connectivity index (χ0n) is 9.70. The monoisotopic (exact) mass is 223 g/mol. The van der Waals surface area contributed by atoms with Crippen LogP contribution in [0.5, 0.6) is 0 Å². The van der Waals surface area contributed by atoms with Crippen LogP contribution in [0.25, 0.3) is 0 Å². The second kappa shape index (κ2) is 5.13. The topological polar surface area (TPSA) is 12.0 Å². The maximum atomic E-state index is 3.65. The van der Waals surface area contributed by atoms with E-state index in [1.165, 1.54) is 24.1 Å². The van der Waals surface area contributed by atoms with Crippen LogP contribution in [-0.4, -0.2) is 12.6 Å². The molecule has 1 nitrogen and oxygen atoms in total. The molecule has 0 aliphatic heterocycles. The summed E-state index contributed by atoms with van der Waals surface area (Å²) in [5.41, 5.74) is 0. The van der Waals surface area contributed by atoms with Crippen LogP contribution in [0.3, 0.4) is 0 Å². The Kier molecular flexibility index (Phi) is 3.81. The maximum absolute atomic E-state index is 3.65. The van der Waals surface area contributed by atoms with Gasteiger partial charge in [-0.1, -0.05) is 25.8 Å². The Morgan fingerprint density at radius 1 is 1.47 bits per heavy atom. The summed E-state index contributed by atoms with van der Waals surface area (Å²) in [6, 6.07) is 5.08. The minimum absolute atomic E-state index is 0.659. The van der Waals surface area contributed by atoms with E-state index >= 15 is 0 Å². The van der Waals surface area contributed by atoms with Crippen molar-refractivity contribution in [3.63, 3.8) is 0 Å². The lowest BCUT2D eigenvalue weighted by molar-refractivity contribution is 0.473. The Labute approximate surface area is 96.9 Å². The molecule has 0 saturated heterocycles. The van der Waals surface area contributed by atoms with Gasteiger partial charge in [-0.05, 0) is 30.7 Å². The Balaban J connectivity index is 1.67. The summed E-state index contributed by atoms with van der Waals surface area (Å²) in [6.07, 6.45) is 4.30. The summed E-state index contributed by atoms with van der Waals surface area (Å²) in [5.74, 6) is 1.69. The lowest BCUT2D eigenvalue weighted by Gasteiger charge is -2.16. The van der Waals surface area contributed by atoms with E-state index in [-0.39, 0.29) is 0 Å². The van der Waals surface area contributed by atoms with Crippen molar-refractivity contribution in [1.29, 1.82) is 0 Å². The van der Waals surface area contributed by atoms with Gasteiger partial charge >= 0.3 is 0 Å². The van der Waals surface area contributed by atoms with Crippen LogP contribution in [0, 0.1) is 5.92 Å². The van der Waals surface area contributed by atoms with Gasteiger partial charge < -0.3 is 5.32 Å². The number of thiophene rings is 1.